The minimum absolute atomic E-state index is 0.255. The lowest BCUT2D eigenvalue weighted by Gasteiger charge is -2.50. The van der Waals surface area contributed by atoms with Crippen molar-refractivity contribution in [2.45, 2.75) is 57.5 Å². The Morgan fingerprint density at radius 2 is 2.29 bits per heavy atom. The maximum absolute atomic E-state index is 4.60. The molecule has 120 valence electrons. The molecular formula is C17H32N4. The monoisotopic (exact) mass is 292 g/mol. The third kappa shape index (κ3) is 3.67. The minimum atomic E-state index is 0.255. The van der Waals surface area contributed by atoms with Crippen LogP contribution in [0.15, 0.2) is 12.3 Å². The van der Waals surface area contributed by atoms with Gasteiger partial charge in [-0.25, -0.2) is 0 Å². The summed E-state index contributed by atoms with van der Waals surface area (Å²) in [6, 6.07) is 2.62. The summed E-state index contributed by atoms with van der Waals surface area (Å²) < 4.78 is 1.91. The molecule has 0 bridgehead atoms. The van der Waals surface area contributed by atoms with Crippen molar-refractivity contribution in [1.82, 2.24) is 20.0 Å². The van der Waals surface area contributed by atoms with Gasteiger partial charge in [-0.3, -0.25) is 4.68 Å². The number of hydrogen-bond acceptors (Lipinski definition) is 3. The molecule has 1 aromatic heterocycles. The first-order chi connectivity index (χ1) is 9.98. The molecule has 3 unspecified atom stereocenters. The highest BCUT2D eigenvalue weighted by Crippen LogP contribution is 2.39. The highest BCUT2D eigenvalue weighted by atomic mass is 15.3. The molecule has 1 fully saturated rings. The number of aromatic nitrogens is 2. The van der Waals surface area contributed by atoms with Gasteiger partial charge in [0, 0.05) is 31.2 Å². The molecule has 3 atom stereocenters. The van der Waals surface area contributed by atoms with E-state index in [1.165, 1.54) is 31.4 Å². The zero-order valence-corrected chi connectivity index (χ0v) is 14.4. The second-order valence-electron chi connectivity index (χ2n) is 6.99. The summed E-state index contributed by atoms with van der Waals surface area (Å²) >= 11 is 0. The summed E-state index contributed by atoms with van der Waals surface area (Å²) in [4.78, 5) is 2.47. The van der Waals surface area contributed by atoms with E-state index in [1.54, 1.807) is 0 Å². The van der Waals surface area contributed by atoms with E-state index in [2.05, 4.69) is 49.3 Å². The molecule has 0 aromatic carbocycles. The van der Waals surface area contributed by atoms with Crippen LogP contribution in [0.1, 0.15) is 45.2 Å². The van der Waals surface area contributed by atoms with E-state index < -0.39 is 0 Å². The second-order valence-corrected chi connectivity index (χ2v) is 6.99. The van der Waals surface area contributed by atoms with Crippen molar-refractivity contribution in [2.75, 3.05) is 20.6 Å². The third-order valence-corrected chi connectivity index (χ3v) is 5.18. The molecule has 1 N–H and O–H groups in total. The van der Waals surface area contributed by atoms with Gasteiger partial charge in [-0.2, -0.15) is 5.10 Å². The molecule has 1 aromatic rings. The molecule has 1 heterocycles. The van der Waals surface area contributed by atoms with Gasteiger partial charge >= 0.3 is 0 Å². The number of hydrogen-bond donors (Lipinski definition) is 1. The van der Waals surface area contributed by atoms with Gasteiger partial charge in [-0.15, -0.1) is 0 Å². The van der Waals surface area contributed by atoms with E-state index in [0.29, 0.717) is 6.04 Å². The molecular weight excluding hydrogens is 260 g/mol. The van der Waals surface area contributed by atoms with Gasteiger partial charge in [0.15, 0.2) is 0 Å². The number of rotatable bonds is 6. The zero-order chi connectivity index (χ0) is 15.5. The molecule has 2 rings (SSSR count). The van der Waals surface area contributed by atoms with Crippen LogP contribution in [0.25, 0.3) is 0 Å². The maximum Gasteiger partial charge on any atom is 0.0640 e. The maximum atomic E-state index is 4.60. The van der Waals surface area contributed by atoms with Crippen molar-refractivity contribution >= 4 is 0 Å². The number of likely N-dealkylation sites (N-methyl/N-ethyl adjacent to an activating group) is 2. The van der Waals surface area contributed by atoms with E-state index in [1.807, 2.05) is 17.9 Å². The van der Waals surface area contributed by atoms with E-state index in [-0.39, 0.29) is 5.54 Å². The molecule has 1 aliphatic carbocycles. The molecule has 0 saturated heterocycles. The predicted molar refractivity (Wildman–Crippen MR) is 88.4 cm³/mol. The van der Waals surface area contributed by atoms with Gasteiger partial charge in [0.2, 0.25) is 0 Å². The Morgan fingerprint density at radius 1 is 1.52 bits per heavy atom. The first-order valence-corrected chi connectivity index (χ1v) is 8.37. The van der Waals surface area contributed by atoms with Crippen molar-refractivity contribution in [3.05, 3.63) is 18.0 Å². The zero-order valence-electron chi connectivity index (χ0n) is 14.4. The van der Waals surface area contributed by atoms with Gasteiger partial charge in [0.05, 0.1) is 5.69 Å². The Bertz CT molecular complexity index is 440. The van der Waals surface area contributed by atoms with Gasteiger partial charge in [0.1, 0.15) is 0 Å². The van der Waals surface area contributed by atoms with Crippen molar-refractivity contribution < 1.29 is 0 Å². The van der Waals surface area contributed by atoms with E-state index in [0.717, 1.165) is 18.9 Å². The largest absolute Gasteiger partial charge is 0.312 e. The Kier molecular flexibility index (Phi) is 5.44. The molecule has 0 radical (unpaired) electrons. The van der Waals surface area contributed by atoms with Gasteiger partial charge in [-0.05, 0) is 45.5 Å². The molecule has 0 spiro atoms. The number of nitrogens with zero attached hydrogens (tertiary/aromatic N) is 3. The average molecular weight is 292 g/mol. The lowest BCUT2D eigenvalue weighted by molar-refractivity contribution is 0.0375. The van der Waals surface area contributed by atoms with E-state index in [9.17, 15) is 0 Å². The van der Waals surface area contributed by atoms with Crippen LogP contribution >= 0.6 is 0 Å². The van der Waals surface area contributed by atoms with Crippen LogP contribution in [0.3, 0.4) is 0 Å². The van der Waals surface area contributed by atoms with Crippen LogP contribution in [0.2, 0.25) is 0 Å². The van der Waals surface area contributed by atoms with Gasteiger partial charge < -0.3 is 10.2 Å². The molecule has 0 amide bonds. The number of aryl methyl sites for hydroxylation is 1. The van der Waals surface area contributed by atoms with Crippen LogP contribution < -0.4 is 5.32 Å². The van der Waals surface area contributed by atoms with Crippen LogP contribution in [0, 0.1) is 5.92 Å². The fourth-order valence-corrected chi connectivity index (χ4v) is 4.08. The Hall–Kier alpha value is -0.870. The van der Waals surface area contributed by atoms with Crippen LogP contribution in [0.4, 0.5) is 0 Å². The summed E-state index contributed by atoms with van der Waals surface area (Å²) in [5.41, 5.74) is 1.45. The Labute approximate surface area is 129 Å². The molecule has 1 saturated carbocycles. The Morgan fingerprint density at radius 3 is 2.81 bits per heavy atom. The molecule has 1 aliphatic rings. The first-order valence-electron chi connectivity index (χ1n) is 8.37. The fraction of sp³-hybridized carbons (Fsp3) is 0.824. The van der Waals surface area contributed by atoms with E-state index >= 15 is 0 Å². The minimum Gasteiger partial charge on any atom is -0.312 e. The summed E-state index contributed by atoms with van der Waals surface area (Å²) in [5.74, 6) is 0.811. The summed E-state index contributed by atoms with van der Waals surface area (Å²) in [5, 5.41) is 8.36. The van der Waals surface area contributed by atoms with Crippen molar-refractivity contribution in [3.63, 3.8) is 0 Å². The SMILES string of the molecule is CCNC(Cc1ccn(C)n1)C1(N(C)C)CCCC(C)C1. The molecule has 4 nitrogen and oxygen atoms in total. The van der Waals surface area contributed by atoms with Crippen molar-refractivity contribution in [1.29, 1.82) is 0 Å². The lowest BCUT2D eigenvalue weighted by atomic mass is 9.70. The van der Waals surface area contributed by atoms with Crippen LogP contribution in [0.5, 0.6) is 0 Å². The third-order valence-electron chi connectivity index (χ3n) is 5.18. The predicted octanol–water partition coefficient (Wildman–Crippen LogP) is 2.45. The van der Waals surface area contributed by atoms with Crippen LogP contribution in [-0.2, 0) is 13.5 Å². The highest BCUT2D eigenvalue weighted by Gasteiger charge is 2.43. The van der Waals surface area contributed by atoms with Crippen molar-refractivity contribution in [3.8, 4) is 0 Å². The lowest BCUT2D eigenvalue weighted by Crippen LogP contribution is -2.61. The highest BCUT2D eigenvalue weighted by molar-refractivity contribution is 5.09. The van der Waals surface area contributed by atoms with Gasteiger partial charge in [0.25, 0.3) is 0 Å². The first kappa shape index (κ1) is 16.5. The summed E-state index contributed by atoms with van der Waals surface area (Å²) in [6.45, 7) is 5.63. The molecule has 21 heavy (non-hydrogen) atoms. The van der Waals surface area contributed by atoms with Crippen LogP contribution in [-0.4, -0.2) is 46.9 Å². The fourth-order valence-electron chi connectivity index (χ4n) is 4.08. The van der Waals surface area contributed by atoms with Gasteiger partial charge in [-0.1, -0.05) is 26.7 Å². The standard InChI is InChI=1S/C17H32N4/c1-6-18-16(12-15-9-11-21(5)19-15)17(20(3)4)10-7-8-14(2)13-17/h9,11,14,16,18H,6-8,10,12-13H2,1-5H3. The molecule has 0 aliphatic heterocycles. The topological polar surface area (TPSA) is 33.1 Å². The Balaban J connectivity index is 2.23. The normalized spacial score (nSPS) is 28.0. The van der Waals surface area contributed by atoms with E-state index in [4.69, 9.17) is 0 Å². The van der Waals surface area contributed by atoms with Crippen molar-refractivity contribution in [2.24, 2.45) is 13.0 Å². The number of nitrogens with one attached hydrogen (secondary N) is 1. The average Bonchev–Trinajstić information content (AvgIpc) is 2.83. The molecule has 4 heteroatoms. The summed E-state index contributed by atoms with van der Waals surface area (Å²) in [6.07, 6.45) is 8.34. The summed E-state index contributed by atoms with van der Waals surface area (Å²) in [7, 11) is 6.50. The smallest absolute Gasteiger partial charge is 0.0640 e. The second kappa shape index (κ2) is 6.93. The quantitative estimate of drug-likeness (QED) is 0.874.